The Morgan fingerprint density at radius 1 is 1.20 bits per heavy atom. The lowest BCUT2D eigenvalue weighted by molar-refractivity contribution is 0.409. The van der Waals surface area contributed by atoms with Crippen LogP contribution < -0.4 is 10.1 Å². The Kier molecular flexibility index (Phi) is 4.95. The molecule has 106 valence electrons. The van der Waals surface area contributed by atoms with Gasteiger partial charge in [-0.25, -0.2) is 0 Å². The van der Waals surface area contributed by atoms with E-state index in [1.165, 1.54) is 0 Å². The molecule has 0 fully saturated rings. The predicted octanol–water partition coefficient (Wildman–Crippen LogP) is 5.34. The lowest BCUT2D eigenvalue weighted by Gasteiger charge is -2.15. The molecule has 4 heteroatoms. The van der Waals surface area contributed by atoms with Gasteiger partial charge in [-0.2, -0.15) is 0 Å². The van der Waals surface area contributed by atoms with E-state index >= 15 is 0 Å². The number of ether oxygens (including phenoxy) is 1. The molecule has 0 bridgehead atoms. The van der Waals surface area contributed by atoms with Crippen molar-refractivity contribution in [3.8, 4) is 5.75 Å². The van der Waals surface area contributed by atoms with Gasteiger partial charge in [0.1, 0.15) is 5.75 Å². The van der Waals surface area contributed by atoms with Crippen LogP contribution in [0.3, 0.4) is 0 Å². The molecule has 0 amide bonds. The van der Waals surface area contributed by atoms with Crippen LogP contribution in [0.1, 0.15) is 16.7 Å². The lowest BCUT2D eigenvalue weighted by Crippen LogP contribution is -2.03. The number of aryl methyl sites for hydroxylation is 1. The minimum absolute atomic E-state index is 0.672. The van der Waals surface area contributed by atoms with Gasteiger partial charge in [0.05, 0.1) is 7.11 Å². The molecule has 0 spiro atoms. The largest absolute Gasteiger partial charge is 0.496 e. The Labute approximate surface area is 133 Å². The summed E-state index contributed by atoms with van der Waals surface area (Å²) >= 11 is 9.66. The van der Waals surface area contributed by atoms with Gasteiger partial charge in [0.25, 0.3) is 0 Å². The molecule has 2 aromatic carbocycles. The highest BCUT2D eigenvalue weighted by molar-refractivity contribution is 9.10. The standard InChI is InChI=1S/C16H17BrClNO/c1-10-4-7-15(11(2)16(10)20-3)19-9-12-8-13(17)5-6-14(12)18/h4-8,19H,9H2,1-3H3. The van der Waals surface area contributed by atoms with Gasteiger partial charge in [0, 0.05) is 27.3 Å². The first-order valence-corrected chi connectivity index (χ1v) is 7.52. The quantitative estimate of drug-likeness (QED) is 0.800. The third-order valence-corrected chi connectivity index (χ3v) is 4.15. The summed E-state index contributed by atoms with van der Waals surface area (Å²) in [7, 11) is 1.70. The number of halogens is 2. The molecule has 0 radical (unpaired) electrons. The summed E-state index contributed by atoms with van der Waals surface area (Å²) in [5.41, 5.74) is 4.36. The third-order valence-electron chi connectivity index (χ3n) is 3.28. The van der Waals surface area contributed by atoms with Gasteiger partial charge in [0.15, 0.2) is 0 Å². The third kappa shape index (κ3) is 3.28. The molecule has 0 saturated heterocycles. The number of hydrogen-bond donors (Lipinski definition) is 1. The fraction of sp³-hybridized carbons (Fsp3) is 0.250. The molecule has 0 aliphatic rings. The lowest BCUT2D eigenvalue weighted by atomic mass is 10.1. The van der Waals surface area contributed by atoms with Crippen LogP contribution >= 0.6 is 27.5 Å². The van der Waals surface area contributed by atoms with Gasteiger partial charge in [0.2, 0.25) is 0 Å². The second kappa shape index (κ2) is 6.51. The van der Waals surface area contributed by atoms with Crippen molar-refractivity contribution < 1.29 is 4.74 Å². The van der Waals surface area contributed by atoms with Crippen molar-refractivity contribution in [3.63, 3.8) is 0 Å². The highest BCUT2D eigenvalue weighted by atomic mass is 79.9. The maximum Gasteiger partial charge on any atom is 0.126 e. The number of nitrogens with one attached hydrogen (secondary N) is 1. The van der Waals surface area contributed by atoms with E-state index in [1.807, 2.05) is 25.1 Å². The van der Waals surface area contributed by atoms with Gasteiger partial charge in [-0.15, -0.1) is 0 Å². The van der Waals surface area contributed by atoms with E-state index in [0.717, 1.165) is 37.6 Å². The summed E-state index contributed by atoms with van der Waals surface area (Å²) in [6, 6.07) is 9.98. The van der Waals surface area contributed by atoms with E-state index in [2.05, 4.69) is 40.3 Å². The van der Waals surface area contributed by atoms with Crippen LogP contribution in [-0.4, -0.2) is 7.11 Å². The highest BCUT2D eigenvalue weighted by Crippen LogP contribution is 2.30. The molecular weight excluding hydrogens is 338 g/mol. The zero-order valence-electron chi connectivity index (χ0n) is 11.8. The molecule has 0 saturated carbocycles. The van der Waals surface area contributed by atoms with Crippen molar-refractivity contribution >= 4 is 33.2 Å². The topological polar surface area (TPSA) is 21.3 Å². The average Bonchev–Trinajstić information content (AvgIpc) is 2.42. The van der Waals surface area contributed by atoms with Gasteiger partial charge < -0.3 is 10.1 Å². The van der Waals surface area contributed by atoms with E-state index in [1.54, 1.807) is 7.11 Å². The van der Waals surface area contributed by atoms with Crippen LogP contribution in [0.15, 0.2) is 34.8 Å². The Balaban J connectivity index is 2.21. The van der Waals surface area contributed by atoms with Gasteiger partial charge >= 0.3 is 0 Å². The van der Waals surface area contributed by atoms with Gasteiger partial charge in [-0.3, -0.25) is 0 Å². The maximum atomic E-state index is 6.20. The molecule has 0 aromatic heterocycles. The van der Waals surface area contributed by atoms with Crippen molar-refractivity contribution in [2.45, 2.75) is 20.4 Å². The van der Waals surface area contributed by atoms with Crippen LogP contribution in [0.4, 0.5) is 5.69 Å². The van der Waals surface area contributed by atoms with E-state index in [-0.39, 0.29) is 0 Å². The minimum atomic E-state index is 0.672. The normalized spacial score (nSPS) is 10.4. The molecule has 0 aliphatic carbocycles. The van der Waals surface area contributed by atoms with Crippen LogP contribution in [-0.2, 0) is 6.54 Å². The summed E-state index contributed by atoms with van der Waals surface area (Å²) in [5, 5.41) is 4.18. The van der Waals surface area contributed by atoms with Crippen LogP contribution in [0.25, 0.3) is 0 Å². The maximum absolute atomic E-state index is 6.20. The molecule has 2 rings (SSSR count). The molecule has 0 aliphatic heterocycles. The minimum Gasteiger partial charge on any atom is -0.496 e. The number of hydrogen-bond acceptors (Lipinski definition) is 2. The van der Waals surface area contributed by atoms with Crippen molar-refractivity contribution in [3.05, 3.63) is 56.5 Å². The average molecular weight is 355 g/mol. The van der Waals surface area contributed by atoms with Crippen LogP contribution in [0, 0.1) is 13.8 Å². The van der Waals surface area contributed by atoms with E-state index in [9.17, 15) is 0 Å². The van der Waals surface area contributed by atoms with Crippen LogP contribution in [0.2, 0.25) is 5.02 Å². The van der Waals surface area contributed by atoms with Gasteiger partial charge in [-0.1, -0.05) is 33.6 Å². The van der Waals surface area contributed by atoms with Crippen molar-refractivity contribution in [1.29, 1.82) is 0 Å². The summed E-state index contributed by atoms with van der Waals surface area (Å²) < 4.78 is 6.46. The molecule has 0 heterocycles. The molecule has 20 heavy (non-hydrogen) atoms. The van der Waals surface area contributed by atoms with E-state index in [4.69, 9.17) is 16.3 Å². The first kappa shape index (κ1) is 15.2. The van der Waals surface area contributed by atoms with Crippen molar-refractivity contribution in [1.82, 2.24) is 0 Å². The first-order chi connectivity index (χ1) is 9.52. The SMILES string of the molecule is COc1c(C)ccc(NCc2cc(Br)ccc2Cl)c1C. The number of rotatable bonds is 4. The van der Waals surface area contributed by atoms with Crippen LogP contribution in [0.5, 0.6) is 5.75 Å². The zero-order valence-corrected chi connectivity index (χ0v) is 14.1. The zero-order chi connectivity index (χ0) is 14.7. The fourth-order valence-electron chi connectivity index (χ4n) is 2.20. The molecular formula is C16H17BrClNO. The summed E-state index contributed by atoms with van der Waals surface area (Å²) in [6.07, 6.45) is 0. The Morgan fingerprint density at radius 3 is 2.65 bits per heavy atom. The Bertz CT molecular complexity index is 628. The summed E-state index contributed by atoms with van der Waals surface area (Å²) in [5.74, 6) is 0.926. The van der Waals surface area contributed by atoms with Crippen molar-refractivity contribution in [2.24, 2.45) is 0 Å². The number of benzene rings is 2. The smallest absolute Gasteiger partial charge is 0.126 e. The number of methoxy groups -OCH3 is 1. The van der Waals surface area contributed by atoms with Crippen molar-refractivity contribution in [2.75, 3.05) is 12.4 Å². The molecule has 0 atom stereocenters. The number of anilines is 1. The second-order valence-corrected chi connectivity index (χ2v) is 6.00. The first-order valence-electron chi connectivity index (χ1n) is 6.35. The Morgan fingerprint density at radius 2 is 1.95 bits per heavy atom. The highest BCUT2D eigenvalue weighted by Gasteiger charge is 2.08. The molecule has 2 nitrogen and oxygen atoms in total. The molecule has 0 unspecified atom stereocenters. The second-order valence-electron chi connectivity index (χ2n) is 4.68. The molecule has 2 aromatic rings. The summed E-state index contributed by atoms with van der Waals surface area (Å²) in [4.78, 5) is 0. The molecule has 1 N–H and O–H groups in total. The predicted molar refractivity (Wildman–Crippen MR) is 88.9 cm³/mol. The summed E-state index contributed by atoms with van der Waals surface area (Å²) in [6.45, 7) is 4.77. The fourth-order valence-corrected chi connectivity index (χ4v) is 2.79. The van der Waals surface area contributed by atoms with E-state index < -0.39 is 0 Å². The van der Waals surface area contributed by atoms with E-state index in [0.29, 0.717) is 6.54 Å². The van der Waals surface area contributed by atoms with Gasteiger partial charge in [-0.05, 0) is 49.2 Å². The Hall–Kier alpha value is -1.19. The monoisotopic (exact) mass is 353 g/mol.